The molecule has 0 saturated carbocycles. The van der Waals surface area contributed by atoms with E-state index in [0.29, 0.717) is 17.2 Å². The number of benzene rings is 2. The van der Waals surface area contributed by atoms with Crippen LogP contribution >= 0.6 is 22.6 Å². The molecule has 0 unspecified atom stereocenters. The fraction of sp³-hybridized carbons (Fsp3) is 0.200. The second-order valence-corrected chi connectivity index (χ2v) is 7.68. The normalized spacial score (nSPS) is 11.1. The van der Waals surface area contributed by atoms with Gasteiger partial charge in [0.15, 0.2) is 11.5 Å². The lowest BCUT2D eigenvalue weighted by Gasteiger charge is -2.20. The predicted octanol–water partition coefficient (Wildman–Crippen LogP) is 3.13. The molecule has 0 saturated heterocycles. The second kappa shape index (κ2) is 6.74. The number of hydrogen-bond acceptors (Lipinski definition) is 4. The van der Waals surface area contributed by atoms with Crippen molar-refractivity contribution < 1.29 is 17.9 Å². The summed E-state index contributed by atoms with van der Waals surface area (Å²) in [6, 6.07) is 11.8. The van der Waals surface area contributed by atoms with Crippen molar-refractivity contribution in [2.24, 2.45) is 0 Å². The summed E-state index contributed by atoms with van der Waals surface area (Å²) in [4.78, 5) is 0.145. The van der Waals surface area contributed by atoms with Crippen molar-refractivity contribution in [3.05, 3.63) is 46.0 Å². The highest BCUT2D eigenvalue weighted by Crippen LogP contribution is 2.31. The number of methoxy groups -OCH3 is 2. The molecule has 0 radical (unpaired) electrons. The smallest absolute Gasteiger partial charge is 0.264 e. The van der Waals surface area contributed by atoms with Gasteiger partial charge in [0.05, 0.1) is 24.8 Å². The van der Waals surface area contributed by atoms with Crippen LogP contribution in [0.4, 0.5) is 5.69 Å². The zero-order chi connectivity index (χ0) is 16.3. The Morgan fingerprint density at radius 1 is 0.955 bits per heavy atom. The van der Waals surface area contributed by atoms with Gasteiger partial charge in [0.2, 0.25) is 0 Å². The minimum Gasteiger partial charge on any atom is -0.493 e. The summed E-state index contributed by atoms with van der Waals surface area (Å²) in [7, 11) is 0.828. The van der Waals surface area contributed by atoms with Gasteiger partial charge in [-0.15, -0.1) is 0 Å². The van der Waals surface area contributed by atoms with E-state index in [1.54, 1.807) is 18.2 Å². The van der Waals surface area contributed by atoms with Crippen LogP contribution in [0.2, 0.25) is 0 Å². The third-order valence-electron chi connectivity index (χ3n) is 3.20. The van der Waals surface area contributed by atoms with Crippen molar-refractivity contribution in [1.82, 2.24) is 0 Å². The number of hydrogen-bond donors (Lipinski definition) is 0. The van der Waals surface area contributed by atoms with E-state index in [0.717, 1.165) is 3.57 Å². The molecular weight excluding hydrogens is 417 g/mol. The SMILES string of the molecule is COc1ccc(S(=O)(=O)N(C)c2ccc(I)cc2)cc1OC. The fourth-order valence-corrected chi connectivity index (χ4v) is 3.50. The fourth-order valence-electron chi connectivity index (χ4n) is 1.92. The molecule has 118 valence electrons. The van der Waals surface area contributed by atoms with Crippen molar-refractivity contribution in [1.29, 1.82) is 0 Å². The van der Waals surface area contributed by atoms with Gasteiger partial charge in [0.1, 0.15) is 0 Å². The van der Waals surface area contributed by atoms with Gasteiger partial charge >= 0.3 is 0 Å². The third-order valence-corrected chi connectivity index (χ3v) is 5.70. The first-order valence-corrected chi connectivity index (χ1v) is 8.88. The predicted molar refractivity (Wildman–Crippen MR) is 94.3 cm³/mol. The van der Waals surface area contributed by atoms with Gasteiger partial charge in [-0.25, -0.2) is 8.42 Å². The number of ether oxygens (including phenoxy) is 2. The van der Waals surface area contributed by atoms with Crippen LogP contribution in [0.1, 0.15) is 0 Å². The molecule has 0 bridgehead atoms. The standard InChI is InChI=1S/C15H16INO4S/c1-17(12-6-4-11(16)5-7-12)22(18,19)13-8-9-14(20-2)15(10-13)21-3/h4-10H,1-3H3. The van der Waals surface area contributed by atoms with E-state index in [1.807, 2.05) is 12.1 Å². The maximum atomic E-state index is 12.7. The first kappa shape index (κ1) is 16.9. The van der Waals surface area contributed by atoms with Crippen molar-refractivity contribution in [2.45, 2.75) is 4.90 Å². The molecule has 0 N–H and O–H groups in total. The number of anilines is 1. The highest BCUT2D eigenvalue weighted by atomic mass is 127. The number of halogens is 1. The quantitative estimate of drug-likeness (QED) is 0.681. The van der Waals surface area contributed by atoms with E-state index in [1.165, 1.54) is 37.7 Å². The molecule has 0 atom stereocenters. The highest BCUT2D eigenvalue weighted by Gasteiger charge is 2.23. The van der Waals surface area contributed by atoms with Crippen molar-refractivity contribution in [3.8, 4) is 11.5 Å². The van der Waals surface area contributed by atoms with Crippen LogP contribution in [-0.4, -0.2) is 29.7 Å². The van der Waals surface area contributed by atoms with Crippen LogP contribution in [0.5, 0.6) is 11.5 Å². The Morgan fingerprint density at radius 2 is 1.55 bits per heavy atom. The van der Waals surface area contributed by atoms with Crippen molar-refractivity contribution in [2.75, 3.05) is 25.6 Å². The van der Waals surface area contributed by atoms with Crippen LogP contribution in [0.15, 0.2) is 47.4 Å². The van der Waals surface area contributed by atoms with E-state index in [2.05, 4.69) is 22.6 Å². The Labute approximate surface area is 144 Å². The molecule has 0 amide bonds. The Balaban J connectivity index is 2.43. The Kier molecular flexibility index (Phi) is 5.17. The van der Waals surface area contributed by atoms with Crippen LogP contribution in [0, 0.1) is 3.57 Å². The van der Waals surface area contributed by atoms with Gasteiger partial charge < -0.3 is 9.47 Å². The minimum absolute atomic E-state index is 0.145. The first-order valence-electron chi connectivity index (χ1n) is 6.36. The number of sulfonamides is 1. The molecule has 0 aromatic heterocycles. The van der Waals surface area contributed by atoms with Crippen LogP contribution in [0.25, 0.3) is 0 Å². The van der Waals surface area contributed by atoms with E-state index in [-0.39, 0.29) is 4.90 Å². The summed E-state index contributed by atoms with van der Waals surface area (Å²) in [6.07, 6.45) is 0. The van der Waals surface area contributed by atoms with Gasteiger partial charge in [-0.3, -0.25) is 4.31 Å². The molecule has 5 nitrogen and oxygen atoms in total. The summed E-state index contributed by atoms with van der Waals surface area (Å²) in [5.74, 6) is 0.859. The Hall–Kier alpha value is -1.48. The Bertz CT molecular complexity index is 760. The molecule has 2 aromatic carbocycles. The molecule has 7 heteroatoms. The molecular formula is C15H16INO4S. The summed E-state index contributed by atoms with van der Waals surface area (Å²) in [5, 5.41) is 0. The molecule has 0 aliphatic heterocycles. The van der Waals surface area contributed by atoms with Gasteiger partial charge in [-0.2, -0.15) is 0 Å². The molecule has 22 heavy (non-hydrogen) atoms. The summed E-state index contributed by atoms with van der Waals surface area (Å²) >= 11 is 2.17. The van der Waals surface area contributed by atoms with E-state index >= 15 is 0 Å². The van der Waals surface area contributed by atoms with Crippen molar-refractivity contribution in [3.63, 3.8) is 0 Å². The average Bonchev–Trinajstić information content (AvgIpc) is 2.54. The van der Waals surface area contributed by atoms with Gasteiger partial charge in [-0.05, 0) is 59.0 Å². The molecule has 2 rings (SSSR count). The molecule has 0 spiro atoms. The average molecular weight is 433 g/mol. The lowest BCUT2D eigenvalue weighted by atomic mass is 10.3. The third kappa shape index (κ3) is 3.30. The molecule has 0 aliphatic rings. The summed E-state index contributed by atoms with van der Waals surface area (Å²) in [5.41, 5.74) is 0.593. The zero-order valence-electron chi connectivity index (χ0n) is 12.4. The maximum absolute atomic E-state index is 12.7. The highest BCUT2D eigenvalue weighted by molar-refractivity contribution is 14.1. The molecule has 0 fully saturated rings. The van der Waals surface area contributed by atoms with Crippen molar-refractivity contribution >= 4 is 38.3 Å². The van der Waals surface area contributed by atoms with Crippen LogP contribution in [-0.2, 0) is 10.0 Å². The number of rotatable bonds is 5. The molecule has 0 heterocycles. The maximum Gasteiger partial charge on any atom is 0.264 e. The zero-order valence-corrected chi connectivity index (χ0v) is 15.4. The van der Waals surface area contributed by atoms with E-state index in [9.17, 15) is 8.42 Å². The van der Waals surface area contributed by atoms with Gasteiger partial charge in [-0.1, -0.05) is 0 Å². The van der Waals surface area contributed by atoms with Gasteiger partial charge in [0, 0.05) is 16.7 Å². The first-order chi connectivity index (χ1) is 10.4. The lowest BCUT2D eigenvalue weighted by Crippen LogP contribution is -2.26. The minimum atomic E-state index is -3.67. The van der Waals surface area contributed by atoms with Crippen LogP contribution < -0.4 is 13.8 Å². The topological polar surface area (TPSA) is 55.8 Å². The molecule has 2 aromatic rings. The van der Waals surface area contributed by atoms with E-state index in [4.69, 9.17) is 9.47 Å². The molecule has 0 aliphatic carbocycles. The van der Waals surface area contributed by atoms with Gasteiger partial charge in [0.25, 0.3) is 10.0 Å². The second-order valence-electron chi connectivity index (χ2n) is 4.47. The Morgan fingerprint density at radius 3 is 2.09 bits per heavy atom. The lowest BCUT2D eigenvalue weighted by molar-refractivity contribution is 0.354. The monoisotopic (exact) mass is 433 g/mol. The summed E-state index contributed by atoms with van der Waals surface area (Å²) in [6.45, 7) is 0. The van der Waals surface area contributed by atoms with Crippen LogP contribution in [0.3, 0.4) is 0 Å². The largest absolute Gasteiger partial charge is 0.493 e. The van der Waals surface area contributed by atoms with E-state index < -0.39 is 10.0 Å². The number of nitrogens with zero attached hydrogens (tertiary/aromatic N) is 1. The summed E-state index contributed by atoms with van der Waals surface area (Å²) < 4.78 is 38.0.